The molecular weight excluding hydrogens is 222 g/mol. The molecule has 1 saturated carbocycles. The normalized spacial score (nSPS) is 27.5. The van der Waals surface area contributed by atoms with Crippen molar-refractivity contribution in [1.29, 1.82) is 0 Å². The molecule has 0 radical (unpaired) electrons. The largest absolute Gasteiger partial charge is 0.391 e. The van der Waals surface area contributed by atoms with Crippen molar-refractivity contribution in [3.63, 3.8) is 0 Å². The van der Waals surface area contributed by atoms with Crippen molar-refractivity contribution in [3.8, 4) is 0 Å². The standard InChI is InChI=1S/C16H33NO/c1-6-13-11-9-10-12-14(13)15(18)16(7-2,8-3)17(4)5/h13-15,18H,6-12H2,1-5H3. The van der Waals surface area contributed by atoms with Crippen molar-refractivity contribution in [2.45, 2.75) is 77.4 Å². The fourth-order valence-electron chi connectivity index (χ4n) is 4.12. The van der Waals surface area contributed by atoms with Crippen LogP contribution >= 0.6 is 0 Å². The first-order valence-electron chi connectivity index (χ1n) is 7.88. The summed E-state index contributed by atoms with van der Waals surface area (Å²) in [4.78, 5) is 2.26. The maximum atomic E-state index is 11.0. The molecule has 1 rings (SSSR count). The summed E-state index contributed by atoms with van der Waals surface area (Å²) in [7, 11) is 4.25. The predicted octanol–water partition coefficient (Wildman–Crippen LogP) is 3.68. The molecule has 2 nitrogen and oxygen atoms in total. The van der Waals surface area contributed by atoms with E-state index < -0.39 is 0 Å². The van der Waals surface area contributed by atoms with Gasteiger partial charge in [0.25, 0.3) is 0 Å². The molecule has 0 amide bonds. The van der Waals surface area contributed by atoms with Gasteiger partial charge in [-0.1, -0.05) is 46.5 Å². The fourth-order valence-corrected chi connectivity index (χ4v) is 4.12. The molecule has 0 aromatic rings. The van der Waals surface area contributed by atoms with Crippen LogP contribution in [0.2, 0.25) is 0 Å². The quantitative estimate of drug-likeness (QED) is 0.782. The SMILES string of the molecule is CCC1CCCCC1C(O)C(CC)(CC)N(C)C. The van der Waals surface area contributed by atoms with Crippen LogP contribution < -0.4 is 0 Å². The van der Waals surface area contributed by atoms with Gasteiger partial charge in [0.2, 0.25) is 0 Å². The minimum Gasteiger partial charge on any atom is -0.391 e. The van der Waals surface area contributed by atoms with E-state index in [-0.39, 0.29) is 11.6 Å². The fraction of sp³-hybridized carbons (Fsp3) is 1.00. The zero-order chi connectivity index (χ0) is 13.8. The van der Waals surface area contributed by atoms with Gasteiger partial charge < -0.3 is 10.0 Å². The van der Waals surface area contributed by atoms with Gasteiger partial charge in [0.05, 0.1) is 6.10 Å². The summed E-state index contributed by atoms with van der Waals surface area (Å²) in [5.41, 5.74) is -0.0323. The Morgan fingerprint density at radius 3 is 2.11 bits per heavy atom. The Kier molecular flexibility index (Phi) is 6.13. The van der Waals surface area contributed by atoms with Crippen LogP contribution in [0.25, 0.3) is 0 Å². The van der Waals surface area contributed by atoms with Gasteiger partial charge in [-0.05, 0) is 45.2 Å². The molecular formula is C16H33NO. The van der Waals surface area contributed by atoms with Crippen molar-refractivity contribution in [2.24, 2.45) is 11.8 Å². The monoisotopic (exact) mass is 255 g/mol. The molecule has 0 bridgehead atoms. The van der Waals surface area contributed by atoms with E-state index in [1.807, 2.05) is 0 Å². The molecule has 1 N–H and O–H groups in total. The van der Waals surface area contributed by atoms with Crippen LogP contribution in [0, 0.1) is 11.8 Å². The minimum absolute atomic E-state index is 0.0323. The number of hydrogen-bond acceptors (Lipinski definition) is 2. The van der Waals surface area contributed by atoms with Gasteiger partial charge in [-0.2, -0.15) is 0 Å². The highest BCUT2D eigenvalue weighted by Gasteiger charge is 2.43. The first-order valence-corrected chi connectivity index (χ1v) is 7.88. The number of rotatable bonds is 6. The number of nitrogens with zero attached hydrogens (tertiary/aromatic N) is 1. The summed E-state index contributed by atoms with van der Waals surface area (Å²) in [5, 5.41) is 11.0. The highest BCUT2D eigenvalue weighted by atomic mass is 16.3. The lowest BCUT2D eigenvalue weighted by Crippen LogP contribution is -2.57. The van der Waals surface area contributed by atoms with Crippen LogP contribution in [0.4, 0.5) is 0 Å². The number of aliphatic hydroxyl groups is 1. The van der Waals surface area contributed by atoms with Crippen LogP contribution in [0.15, 0.2) is 0 Å². The third-order valence-electron chi connectivity index (χ3n) is 5.56. The van der Waals surface area contributed by atoms with E-state index in [0.717, 1.165) is 18.8 Å². The average Bonchev–Trinajstić information content (AvgIpc) is 2.40. The molecule has 3 unspecified atom stereocenters. The Morgan fingerprint density at radius 1 is 1.11 bits per heavy atom. The van der Waals surface area contributed by atoms with Crippen molar-refractivity contribution in [2.75, 3.05) is 14.1 Å². The summed E-state index contributed by atoms with van der Waals surface area (Å²) in [6.07, 6.45) is 8.30. The van der Waals surface area contributed by atoms with Crippen molar-refractivity contribution >= 4 is 0 Å². The lowest BCUT2D eigenvalue weighted by atomic mass is 9.68. The second-order valence-corrected chi connectivity index (χ2v) is 6.27. The van der Waals surface area contributed by atoms with Gasteiger partial charge >= 0.3 is 0 Å². The molecule has 0 saturated heterocycles. The van der Waals surface area contributed by atoms with Crippen LogP contribution in [-0.4, -0.2) is 35.7 Å². The third-order valence-corrected chi connectivity index (χ3v) is 5.56. The van der Waals surface area contributed by atoms with Crippen LogP contribution in [0.5, 0.6) is 0 Å². The van der Waals surface area contributed by atoms with Gasteiger partial charge in [-0.3, -0.25) is 0 Å². The Labute approximate surface area is 114 Å². The molecule has 18 heavy (non-hydrogen) atoms. The maximum absolute atomic E-state index is 11.0. The molecule has 1 aliphatic carbocycles. The Hall–Kier alpha value is -0.0800. The lowest BCUT2D eigenvalue weighted by molar-refractivity contribution is -0.0716. The molecule has 3 atom stereocenters. The first-order chi connectivity index (χ1) is 8.53. The average molecular weight is 255 g/mol. The zero-order valence-electron chi connectivity index (χ0n) is 13.1. The van der Waals surface area contributed by atoms with E-state index in [1.54, 1.807) is 0 Å². The van der Waals surface area contributed by atoms with E-state index in [0.29, 0.717) is 5.92 Å². The van der Waals surface area contributed by atoms with Crippen molar-refractivity contribution in [3.05, 3.63) is 0 Å². The Morgan fingerprint density at radius 2 is 1.67 bits per heavy atom. The second kappa shape index (κ2) is 6.91. The van der Waals surface area contributed by atoms with Gasteiger partial charge in [0.15, 0.2) is 0 Å². The summed E-state index contributed by atoms with van der Waals surface area (Å²) < 4.78 is 0. The topological polar surface area (TPSA) is 23.5 Å². The zero-order valence-corrected chi connectivity index (χ0v) is 13.1. The molecule has 1 fully saturated rings. The summed E-state index contributed by atoms with van der Waals surface area (Å²) in [6.45, 7) is 6.72. The number of likely N-dealkylation sites (N-methyl/N-ethyl adjacent to an activating group) is 1. The smallest absolute Gasteiger partial charge is 0.0754 e. The Balaban J connectivity index is 2.90. The molecule has 108 valence electrons. The van der Waals surface area contributed by atoms with Gasteiger partial charge in [0.1, 0.15) is 0 Å². The Bertz CT molecular complexity index is 235. The molecule has 0 spiro atoms. The lowest BCUT2D eigenvalue weighted by Gasteiger charge is -2.48. The van der Waals surface area contributed by atoms with E-state index in [9.17, 15) is 5.11 Å². The van der Waals surface area contributed by atoms with E-state index in [1.165, 1.54) is 32.1 Å². The molecule has 1 aliphatic rings. The third kappa shape index (κ3) is 2.91. The molecule has 0 aromatic carbocycles. The van der Waals surface area contributed by atoms with Crippen LogP contribution in [0.1, 0.15) is 65.7 Å². The number of hydrogen-bond donors (Lipinski definition) is 1. The maximum Gasteiger partial charge on any atom is 0.0754 e. The number of aliphatic hydroxyl groups excluding tert-OH is 1. The van der Waals surface area contributed by atoms with E-state index >= 15 is 0 Å². The summed E-state index contributed by atoms with van der Waals surface area (Å²) in [6, 6.07) is 0. The highest BCUT2D eigenvalue weighted by Crippen LogP contribution is 2.40. The van der Waals surface area contributed by atoms with Crippen LogP contribution in [0.3, 0.4) is 0 Å². The summed E-state index contributed by atoms with van der Waals surface area (Å²) >= 11 is 0. The van der Waals surface area contributed by atoms with Gasteiger partial charge in [-0.15, -0.1) is 0 Å². The molecule has 0 aliphatic heterocycles. The highest BCUT2D eigenvalue weighted by molar-refractivity contribution is 4.98. The molecule has 0 aromatic heterocycles. The molecule has 2 heteroatoms. The van der Waals surface area contributed by atoms with Crippen molar-refractivity contribution < 1.29 is 5.11 Å². The second-order valence-electron chi connectivity index (χ2n) is 6.27. The van der Waals surface area contributed by atoms with Gasteiger partial charge in [-0.25, -0.2) is 0 Å². The van der Waals surface area contributed by atoms with Crippen LogP contribution in [-0.2, 0) is 0 Å². The summed E-state index contributed by atoms with van der Waals surface area (Å²) in [5.74, 6) is 1.23. The molecule has 0 heterocycles. The van der Waals surface area contributed by atoms with Gasteiger partial charge in [0, 0.05) is 5.54 Å². The minimum atomic E-state index is -0.173. The first kappa shape index (κ1) is 16.0. The van der Waals surface area contributed by atoms with E-state index in [2.05, 4.69) is 39.8 Å². The van der Waals surface area contributed by atoms with E-state index in [4.69, 9.17) is 0 Å². The van der Waals surface area contributed by atoms with Crippen molar-refractivity contribution in [1.82, 2.24) is 4.90 Å². The predicted molar refractivity (Wildman–Crippen MR) is 78.7 cm³/mol.